The molecule has 1 atom stereocenters. The van der Waals surface area contributed by atoms with Crippen molar-refractivity contribution >= 4 is 38.6 Å². The monoisotopic (exact) mass is 350 g/mol. The Hall–Kier alpha value is -1.55. The van der Waals surface area contributed by atoms with E-state index < -0.39 is 27.9 Å². The lowest BCUT2D eigenvalue weighted by Gasteiger charge is -2.12. The highest BCUT2D eigenvalue weighted by Crippen LogP contribution is 2.29. The molecular weight excluding hydrogens is 335 g/mol. The van der Waals surface area contributed by atoms with E-state index >= 15 is 0 Å². The second-order valence-corrected chi connectivity index (χ2v) is 7.13. The van der Waals surface area contributed by atoms with Crippen LogP contribution in [0.3, 0.4) is 0 Å². The minimum atomic E-state index is -4.61. The number of carbonyl (C=O) groups excluding carboxylic acids is 2. The summed E-state index contributed by atoms with van der Waals surface area (Å²) in [6.45, 7) is 2.08. The summed E-state index contributed by atoms with van der Waals surface area (Å²) in [4.78, 5) is 28.8. The summed E-state index contributed by atoms with van der Waals surface area (Å²) in [6.07, 6.45) is -0.0232. The fourth-order valence-electron chi connectivity index (χ4n) is 2.22. The van der Waals surface area contributed by atoms with Crippen LogP contribution in [-0.4, -0.2) is 44.2 Å². The van der Waals surface area contributed by atoms with Crippen molar-refractivity contribution in [3.8, 4) is 0 Å². The van der Waals surface area contributed by atoms with Crippen LogP contribution in [0.15, 0.2) is 5.38 Å². The molecule has 0 N–H and O–H groups in total. The molecule has 1 fully saturated rings. The number of hydrogen-bond acceptors (Lipinski definition) is 7. The van der Waals surface area contributed by atoms with E-state index in [-0.39, 0.29) is 31.9 Å². The molecule has 0 aromatic carbocycles. The average Bonchev–Trinajstić information content (AvgIpc) is 2.94. The fourth-order valence-corrected chi connectivity index (χ4v) is 3.86. The number of esters is 1. The number of amides is 1. The number of nitrogens with zero attached hydrogens (tertiary/aromatic N) is 2. The quantitative estimate of drug-likeness (QED) is 0.559. The van der Waals surface area contributed by atoms with E-state index in [1.165, 1.54) is 16.2 Å². The number of ether oxygens (including phenoxy) is 1. The number of thiazole rings is 1. The van der Waals surface area contributed by atoms with Crippen molar-refractivity contribution in [1.29, 1.82) is 0 Å². The van der Waals surface area contributed by atoms with Crippen molar-refractivity contribution < 1.29 is 26.6 Å². The van der Waals surface area contributed by atoms with Gasteiger partial charge in [-0.2, -0.15) is 8.42 Å². The van der Waals surface area contributed by atoms with Crippen LogP contribution in [0.1, 0.15) is 19.0 Å². The molecule has 1 aromatic rings. The molecule has 1 aliphatic rings. The Labute approximate surface area is 131 Å². The summed E-state index contributed by atoms with van der Waals surface area (Å²) in [5.41, 5.74) is 0.479. The van der Waals surface area contributed by atoms with Gasteiger partial charge in [0.2, 0.25) is 5.91 Å². The minimum Gasteiger partial charge on any atom is -0.466 e. The van der Waals surface area contributed by atoms with Crippen LogP contribution in [0.25, 0.3) is 0 Å². The van der Waals surface area contributed by atoms with Crippen molar-refractivity contribution in [3.63, 3.8) is 0 Å². The van der Waals surface area contributed by atoms with E-state index in [1.54, 1.807) is 12.3 Å². The first-order valence-electron chi connectivity index (χ1n) is 6.61. The van der Waals surface area contributed by atoms with Crippen LogP contribution in [0.2, 0.25) is 0 Å². The predicted octanol–water partition coefficient (Wildman–Crippen LogP) is 0.901. The van der Waals surface area contributed by atoms with Crippen LogP contribution in [0, 0.1) is 5.92 Å². The molecule has 1 aromatic heterocycles. The summed E-state index contributed by atoms with van der Waals surface area (Å²) in [5, 5.41) is 2.02. The highest BCUT2D eigenvalue weighted by molar-refractivity contribution is 7.86. The molecule has 2 rings (SSSR count). The van der Waals surface area contributed by atoms with Gasteiger partial charge in [0, 0.05) is 24.3 Å². The highest BCUT2D eigenvalue weighted by atomic mass is 32.3. The zero-order valence-electron chi connectivity index (χ0n) is 11.8. The van der Waals surface area contributed by atoms with Gasteiger partial charge < -0.3 is 4.74 Å². The Morgan fingerprint density at radius 1 is 1.59 bits per heavy atom. The first kappa shape index (κ1) is 16.8. The van der Waals surface area contributed by atoms with Gasteiger partial charge in [0.15, 0.2) is 5.13 Å². The molecule has 0 radical (unpaired) electrons. The average molecular weight is 350 g/mol. The van der Waals surface area contributed by atoms with Gasteiger partial charge in [-0.25, -0.2) is 4.98 Å². The number of hydrogen-bond donors (Lipinski definition) is 0. The van der Waals surface area contributed by atoms with Gasteiger partial charge in [-0.05, 0) is 6.92 Å². The van der Waals surface area contributed by atoms with Gasteiger partial charge in [0.1, 0.15) is 0 Å². The normalized spacial score (nSPS) is 18.7. The van der Waals surface area contributed by atoms with Gasteiger partial charge in [-0.1, -0.05) is 0 Å². The van der Waals surface area contributed by atoms with Crippen molar-refractivity contribution in [3.05, 3.63) is 11.1 Å². The molecule has 1 aliphatic heterocycles. The van der Waals surface area contributed by atoms with Gasteiger partial charge in [-0.15, -0.1) is 15.2 Å². The second-order valence-electron chi connectivity index (χ2n) is 4.88. The topological polar surface area (TPSA) is 93.6 Å². The van der Waals surface area contributed by atoms with E-state index in [1.807, 2.05) is 0 Å². The fraction of sp³-hybridized carbons (Fsp3) is 0.583. The molecular formula is C12H15FN2O5S2. The molecule has 2 heterocycles. The minimum absolute atomic E-state index is 0.00859. The van der Waals surface area contributed by atoms with Gasteiger partial charge in [0.05, 0.1) is 24.5 Å². The molecule has 1 saturated heterocycles. The predicted molar refractivity (Wildman–Crippen MR) is 77.8 cm³/mol. The third kappa shape index (κ3) is 4.47. The van der Waals surface area contributed by atoms with Gasteiger partial charge >= 0.3 is 16.2 Å². The first-order chi connectivity index (χ1) is 10.3. The van der Waals surface area contributed by atoms with E-state index in [4.69, 9.17) is 4.74 Å². The van der Waals surface area contributed by atoms with Crippen molar-refractivity contribution in [2.24, 2.45) is 5.92 Å². The summed E-state index contributed by atoms with van der Waals surface area (Å²) in [5.74, 6) is -1.96. The summed E-state index contributed by atoms with van der Waals surface area (Å²) in [6, 6.07) is 0. The van der Waals surface area contributed by atoms with E-state index in [0.717, 1.165) is 0 Å². The number of aromatic nitrogens is 1. The SMILES string of the molecule is CCOC(=O)Cc1csc(N2CC(CS(=O)(=O)F)CC2=O)n1. The highest BCUT2D eigenvalue weighted by Gasteiger charge is 2.35. The van der Waals surface area contributed by atoms with Crippen LogP contribution in [0.5, 0.6) is 0 Å². The smallest absolute Gasteiger partial charge is 0.311 e. The van der Waals surface area contributed by atoms with Crippen molar-refractivity contribution in [1.82, 2.24) is 4.98 Å². The Balaban J connectivity index is 2.02. The Kier molecular flexibility index (Phi) is 5.12. The number of anilines is 1. The van der Waals surface area contributed by atoms with Gasteiger partial charge in [-0.3, -0.25) is 14.5 Å². The number of rotatable bonds is 6. The van der Waals surface area contributed by atoms with Crippen LogP contribution < -0.4 is 4.90 Å². The summed E-state index contributed by atoms with van der Waals surface area (Å²) >= 11 is 1.17. The van der Waals surface area contributed by atoms with E-state index in [2.05, 4.69) is 4.98 Å². The van der Waals surface area contributed by atoms with Crippen LogP contribution in [0.4, 0.5) is 9.02 Å². The Morgan fingerprint density at radius 2 is 2.32 bits per heavy atom. The van der Waals surface area contributed by atoms with Crippen molar-refractivity contribution in [2.75, 3.05) is 23.8 Å². The van der Waals surface area contributed by atoms with Crippen LogP contribution >= 0.6 is 11.3 Å². The Morgan fingerprint density at radius 3 is 2.95 bits per heavy atom. The zero-order chi connectivity index (χ0) is 16.3. The maximum absolute atomic E-state index is 12.7. The maximum Gasteiger partial charge on any atom is 0.311 e. The molecule has 10 heteroatoms. The molecule has 0 aliphatic carbocycles. The molecule has 1 amide bonds. The third-order valence-electron chi connectivity index (χ3n) is 3.04. The summed E-state index contributed by atoms with van der Waals surface area (Å²) < 4.78 is 38.8. The molecule has 0 saturated carbocycles. The van der Waals surface area contributed by atoms with E-state index in [0.29, 0.717) is 10.8 Å². The standard InChI is InChI=1S/C12H15FN2O5S2/c1-2-20-11(17)4-9-6-21-12(14-9)15-5-8(3-10(15)16)7-22(13,18)19/h6,8H,2-5,7H2,1H3. The lowest BCUT2D eigenvalue weighted by molar-refractivity contribution is -0.142. The number of carbonyl (C=O) groups is 2. The second kappa shape index (κ2) is 6.69. The molecule has 122 valence electrons. The first-order valence-corrected chi connectivity index (χ1v) is 9.04. The molecule has 0 bridgehead atoms. The maximum atomic E-state index is 12.7. The lowest BCUT2D eigenvalue weighted by atomic mass is 10.1. The molecule has 0 spiro atoms. The zero-order valence-corrected chi connectivity index (χ0v) is 13.5. The van der Waals surface area contributed by atoms with E-state index in [9.17, 15) is 21.9 Å². The van der Waals surface area contributed by atoms with Crippen molar-refractivity contribution in [2.45, 2.75) is 19.8 Å². The lowest BCUT2D eigenvalue weighted by Crippen LogP contribution is -2.25. The summed E-state index contributed by atoms with van der Waals surface area (Å²) in [7, 11) is -4.61. The third-order valence-corrected chi connectivity index (χ3v) is 4.82. The Bertz CT molecular complexity index is 673. The van der Waals surface area contributed by atoms with Crippen LogP contribution in [-0.2, 0) is 31.0 Å². The molecule has 1 unspecified atom stereocenters. The molecule has 7 nitrogen and oxygen atoms in total. The largest absolute Gasteiger partial charge is 0.466 e. The van der Waals surface area contributed by atoms with Gasteiger partial charge in [0.25, 0.3) is 0 Å². The molecule has 22 heavy (non-hydrogen) atoms. The number of halogens is 1.